The van der Waals surface area contributed by atoms with Crippen molar-refractivity contribution < 1.29 is 42.9 Å². The Kier molecular flexibility index (Phi) is 15.2. The van der Waals surface area contributed by atoms with Crippen LogP contribution in [0.25, 0.3) is 0 Å². The molecule has 1 rings (SSSR count). The zero-order valence-corrected chi connectivity index (χ0v) is 24.6. The summed E-state index contributed by atoms with van der Waals surface area (Å²) >= 11 is 0. The van der Waals surface area contributed by atoms with E-state index in [-0.39, 0.29) is 69.4 Å². The van der Waals surface area contributed by atoms with Gasteiger partial charge in [0.05, 0.1) is 26.4 Å². The third-order valence-electron chi connectivity index (χ3n) is 4.58. The minimum absolute atomic E-state index is 0.165. The Morgan fingerprint density at radius 1 is 0.634 bits per heavy atom. The molecular weight excluding hydrogens is 538 g/mol. The van der Waals surface area contributed by atoms with Crippen molar-refractivity contribution >= 4 is 36.1 Å². The van der Waals surface area contributed by atoms with Crippen LogP contribution in [0.15, 0.2) is 18.2 Å². The Hall–Kier alpha value is -3.91. The summed E-state index contributed by atoms with van der Waals surface area (Å²) in [6.45, 7) is 12.3. The minimum Gasteiger partial charge on any atom is -0.444 e. The van der Waals surface area contributed by atoms with Crippen LogP contribution in [0.3, 0.4) is 0 Å². The van der Waals surface area contributed by atoms with Gasteiger partial charge in [0, 0.05) is 43.0 Å². The molecule has 1 aromatic rings. The van der Waals surface area contributed by atoms with Gasteiger partial charge in [0.2, 0.25) is 6.41 Å². The smallest absolute Gasteiger partial charge is 0.407 e. The number of carbonyl (C=O) groups is 5. The summed E-state index contributed by atoms with van der Waals surface area (Å²) in [7, 11) is 0. The number of hydrogen-bond acceptors (Lipinski definition) is 9. The monoisotopic (exact) mass is 581 g/mol. The molecule has 0 radical (unpaired) electrons. The fourth-order valence-corrected chi connectivity index (χ4v) is 3.00. The van der Waals surface area contributed by atoms with Crippen LogP contribution in [0.1, 0.15) is 62.3 Å². The average molecular weight is 582 g/mol. The molecule has 0 unspecified atom stereocenters. The number of carbonyl (C=O) groups excluding carboxylic acids is 5. The minimum atomic E-state index is -0.591. The molecule has 0 saturated heterocycles. The molecule has 1 aromatic carbocycles. The van der Waals surface area contributed by atoms with Crippen LogP contribution in [0, 0.1) is 0 Å². The van der Waals surface area contributed by atoms with Crippen molar-refractivity contribution in [3.8, 4) is 0 Å². The lowest BCUT2D eigenvalue weighted by Gasteiger charge is -2.19. The van der Waals surface area contributed by atoms with Crippen LogP contribution in [-0.4, -0.2) is 94.2 Å². The van der Waals surface area contributed by atoms with Gasteiger partial charge in [0.15, 0.2) is 0 Å². The number of anilines is 1. The van der Waals surface area contributed by atoms with Crippen molar-refractivity contribution in [1.82, 2.24) is 21.3 Å². The zero-order valence-electron chi connectivity index (χ0n) is 24.6. The highest BCUT2D eigenvalue weighted by molar-refractivity contribution is 6.01. The van der Waals surface area contributed by atoms with Gasteiger partial charge in [-0.15, -0.1) is 0 Å². The van der Waals surface area contributed by atoms with Gasteiger partial charge in [-0.2, -0.15) is 0 Å². The van der Waals surface area contributed by atoms with Gasteiger partial charge in [0.1, 0.15) is 11.2 Å². The fourth-order valence-electron chi connectivity index (χ4n) is 3.00. The molecule has 0 aliphatic heterocycles. The van der Waals surface area contributed by atoms with Crippen molar-refractivity contribution in [2.75, 3.05) is 57.9 Å². The highest BCUT2D eigenvalue weighted by atomic mass is 16.6. The molecule has 0 saturated carbocycles. The summed E-state index contributed by atoms with van der Waals surface area (Å²) in [5.41, 5.74) is -0.582. The van der Waals surface area contributed by atoms with E-state index in [4.69, 9.17) is 18.9 Å². The van der Waals surface area contributed by atoms with E-state index in [1.54, 1.807) is 41.5 Å². The van der Waals surface area contributed by atoms with Crippen molar-refractivity contribution in [2.45, 2.75) is 52.7 Å². The van der Waals surface area contributed by atoms with Crippen LogP contribution >= 0.6 is 0 Å². The molecule has 0 aliphatic carbocycles. The van der Waals surface area contributed by atoms with E-state index in [0.29, 0.717) is 6.41 Å². The maximum absolute atomic E-state index is 12.6. The van der Waals surface area contributed by atoms with E-state index in [2.05, 4.69) is 26.6 Å². The molecule has 14 heteroatoms. The van der Waals surface area contributed by atoms with Gasteiger partial charge >= 0.3 is 12.2 Å². The van der Waals surface area contributed by atoms with Crippen LogP contribution in [-0.2, 0) is 23.7 Å². The summed E-state index contributed by atoms with van der Waals surface area (Å²) in [4.78, 5) is 59.4. The first-order chi connectivity index (χ1) is 19.2. The molecule has 0 heterocycles. The van der Waals surface area contributed by atoms with Gasteiger partial charge in [-0.1, -0.05) is 0 Å². The normalized spacial score (nSPS) is 11.2. The molecule has 0 atom stereocenters. The molecule has 0 fully saturated rings. The Morgan fingerprint density at radius 2 is 1.00 bits per heavy atom. The van der Waals surface area contributed by atoms with Crippen molar-refractivity contribution in [2.24, 2.45) is 0 Å². The second kappa shape index (κ2) is 17.7. The number of nitrogens with one attached hydrogen (secondary N) is 5. The predicted octanol–water partition coefficient (Wildman–Crippen LogP) is 1.80. The molecule has 14 nitrogen and oxygen atoms in total. The Morgan fingerprint density at radius 3 is 1.34 bits per heavy atom. The summed E-state index contributed by atoms with van der Waals surface area (Å²) in [6.07, 6.45) is -0.645. The number of ether oxygens (including phenoxy) is 4. The number of hydrogen-bond donors (Lipinski definition) is 5. The van der Waals surface area contributed by atoms with E-state index in [1.165, 1.54) is 18.2 Å². The third-order valence-corrected chi connectivity index (χ3v) is 4.58. The first kappa shape index (κ1) is 35.1. The van der Waals surface area contributed by atoms with E-state index in [9.17, 15) is 24.0 Å². The van der Waals surface area contributed by atoms with Crippen molar-refractivity contribution in [3.63, 3.8) is 0 Å². The second-order valence-electron chi connectivity index (χ2n) is 10.7. The summed E-state index contributed by atoms with van der Waals surface area (Å²) in [5, 5.41) is 12.9. The maximum atomic E-state index is 12.6. The number of amides is 5. The van der Waals surface area contributed by atoms with Crippen molar-refractivity contribution in [3.05, 3.63) is 29.3 Å². The largest absolute Gasteiger partial charge is 0.444 e. The fraction of sp³-hybridized carbons (Fsp3) is 0.593. The van der Waals surface area contributed by atoms with Gasteiger partial charge in [-0.05, 0) is 59.7 Å². The lowest BCUT2D eigenvalue weighted by molar-refractivity contribution is -0.105. The molecule has 0 spiro atoms. The Bertz CT molecular complexity index is 947. The van der Waals surface area contributed by atoms with Crippen LogP contribution in [0.2, 0.25) is 0 Å². The molecule has 0 bridgehead atoms. The summed E-state index contributed by atoms with van der Waals surface area (Å²) < 4.78 is 21.0. The topological polar surface area (TPSA) is 182 Å². The highest BCUT2D eigenvalue weighted by Crippen LogP contribution is 2.15. The molecule has 0 aromatic heterocycles. The molecule has 0 aliphatic rings. The molecule has 230 valence electrons. The zero-order chi connectivity index (χ0) is 30.9. The van der Waals surface area contributed by atoms with Gasteiger partial charge < -0.3 is 45.5 Å². The lowest BCUT2D eigenvalue weighted by Crippen LogP contribution is -2.35. The van der Waals surface area contributed by atoms with Gasteiger partial charge in [-0.25, -0.2) is 9.59 Å². The molecule has 5 amide bonds. The molecule has 5 N–H and O–H groups in total. The first-order valence-corrected chi connectivity index (χ1v) is 13.2. The first-order valence-electron chi connectivity index (χ1n) is 13.2. The SMILES string of the molecule is CC(C)(C)OC(=O)NCCOCCNC(=O)c1cc(NC=O)cc(C(=O)NCCOCCNC(=O)OC(C)(C)C)c1. The average Bonchev–Trinajstić information content (AvgIpc) is 2.85. The van der Waals surface area contributed by atoms with Crippen LogP contribution in [0.4, 0.5) is 15.3 Å². The Labute approximate surface area is 240 Å². The van der Waals surface area contributed by atoms with Crippen molar-refractivity contribution in [1.29, 1.82) is 0 Å². The van der Waals surface area contributed by atoms with Gasteiger partial charge in [-0.3, -0.25) is 14.4 Å². The third kappa shape index (κ3) is 17.4. The lowest BCUT2D eigenvalue weighted by atomic mass is 10.1. The standard InChI is InChI=1S/C27H43N5O9/c1-26(2,3)40-24(36)30-9-13-38-11-7-28-22(34)19-15-20(17-21(16-19)32-18-33)23(35)29-8-12-39-14-10-31-25(37)41-27(4,5)6/h15-18H,7-14H2,1-6H3,(H,28,34)(H,29,35)(H,30,36)(H,31,37)(H,32,33). The predicted molar refractivity (Wildman–Crippen MR) is 151 cm³/mol. The van der Waals surface area contributed by atoms with Gasteiger partial charge in [0.25, 0.3) is 11.8 Å². The maximum Gasteiger partial charge on any atom is 0.407 e. The second-order valence-corrected chi connectivity index (χ2v) is 10.7. The Balaban J connectivity index is 2.43. The molecule has 41 heavy (non-hydrogen) atoms. The number of rotatable bonds is 16. The van der Waals surface area contributed by atoms with E-state index >= 15 is 0 Å². The molecular formula is C27H43N5O9. The summed E-state index contributed by atoms with van der Waals surface area (Å²) in [5.74, 6) is -0.935. The number of benzene rings is 1. The van der Waals surface area contributed by atoms with E-state index in [1.807, 2.05) is 0 Å². The highest BCUT2D eigenvalue weighted by Gasteiger charge is 2.17. The van der Waals surface area contributed by atoms with E-state index in [0.717, 1.165) is 0 Å². The quantitative estimate of drug-likeness (QED) is 0.144. The van der Waals surface area contributed by atoms with Crippen LogP contribution in [0.5, 0.6) is 0 Å². The van der Waals surface area contributed by atoms with E-state index < -0.39 is 35.2 Å². The number of alkyl carbamates (subject to hydrolysis) is 2. The van der Waals surface area contributed by atoms with Crippen LogP contribution < -0.4 is 26.6 Å². The summed E-state index contributed by atoms with van der Waals surface area (Å²) in [6, 6.07) is 4.28.